The quantitative estimate of drug-likeness (QED) is 0.112. The summed E-state index contributed by atoms with van der Waals surface area (Å²) < 4.78 is 17.3. The second-order valence-electron chi connectivity index (χ2n) is 14.5. The van der Waals surface area contributed by atoms with E-state index >= 15 is 0 Å². The molecule has 0 N–H and O–H groups in total. The molecular weight excluding hydrogens is 681 g/mol. The highest BCUT2D eigenvalue weighted by Gasteiger charge is 2.38. The number of rotatable bonds is 13. The Kier molecular flexibility index (Phi) is 9.81. The van der Waals surface area contributed by atoms with Gasteiger partial charge in [0, 0.05) is 18.5 Å². The number of imide groups is 2. The summed E-state index contributed by atoms with van der Waals surface area (Å²) >= 11 is 0. The molecule has 5 aromatic carbocycles. The van der Waals surface area contributed by atoms with Gasteiger partial charge in [0.05, 0.1) is 29.4 Å². The van der Waals surface area contributed by atoms with E-state index in [4.69, 9.17) is 14.2 Å². The van der Waals surface area contributed by atoms with Crippen molar-refractivity contribution in [1.82, 2.24) is 9.80 Å². The van der Waals surface area contributed by atoms with Crippen LogP contribution in [0.4, 0.5) is 0 Å². The zero-order valence-corrected chi connectivity index (χ0v) is 31.1. The van der Waals surface area contributed by atoms with Crippen LogP contribution in [0.5, 0.6) is 28.7 Å². The largest absolute Gasteiger partial charge is 0.497 e. The molecule has 2 heterocycles. The van der Waals surface area contributed by atoms with Crippen LogP contribution in [0.2, 0.25) is 0 Å². The Morgan fingerprint density at radius 2 is 0.981 bits per heavy atom. The number of nitrogens with zero attached hydrogens (tertiary/aromatic N) is 2. The van der Waals surface area contributed by atoms with Gasteiger partial charge in [-0.3, -0.25) is 29.0 Å². The molecule has 274 valence electrons. The molecule has 0 spiro atoms. The summed E-state index contributed by atoms with van der Waals surface area (Å²) in [6.07, 6.45) is 1.12. The normalized spacial score (nSPS) is 14.3. The summed E-state index contributed by atoms with van der Waals surface area (Å²) in [4.78, 5) is 55.6. The molecule has 2 aliphatic rings. The van der Waals surface area contributed by atoms with Crippen LogP contribution >= 0.6 is 0 Å². The van der Waals surface area contributed by atoms with Crippen LogP contribution in [0.25, 0.3) is 0 Å². The number of methoxy groups -OCH3 is 1. The average molecular weight is 723 g/mol. The van der Waals surface area contributed by atoms with E-state index in [1.54, 1.807) is 43.5 Å². The summed E-state index contributed by atoms with van der Waals surface area (Å²) in [6, 6.07) is 33.3. The minimum Gasteiger partial charge on any atom is -0.497 e. The third kappa shape index (κ3) is 7.09. The standard InChI is InChI=1S/C45H42N2O7/c1-28-8-14-33(15-9-28)53-36-21-23-38-40(26-36)44(51)47(42(38)49)27-29(2)7-6-24-46-41(48)37-22-20-35(25-39(37)43(46)50)54-34-18-12-31(13-19-34)45(3,4)30-10-16-32(52-5)17-11-30/h8-23,25-26,29H,6-7,24,27H2,1-5H3. The van der Waals surface area contributed by atoms with Crippen molar-refractivity contribution >= 4 is 23.6 Å². The molecule has 5 aromatic rings. The van der Waals surface area contributed by atoms with Crippen LogP contribution in [0.3, 0.4) is 0 Å². The first-order valence-corrected chi connectivity index (χ1v) is 18.1. The second-order valence-corrected chi connectivity index (χ2v) is 14.5. The summed E-state index contributed by atoms with van der Waals surface area (Å²) in [5.74, 6) is 1.54. The number of fused-ring (bicyclic) bond motifs is 2. The van der Waals surface area contributed by atoms with E-state index in [9.17, 15) is 19.2 Å². The molecule has 1 atom stereocenters. The van der Waals surface area contributed by atoms with Gasteiger partial charge in [0.2, 0.25) is 0 Å². The third-order valence-corrected chi connectivity index (χ3v) is 10.3. The average Bonchev–Trinajstić information content (AvgIpc) is 3.55. The maximum atomic E-state index is 13.4. The maximum absolute atomic E-state index is 13.4. The fourth-order valence-electron chi connectivity index (χ4n) is 7.03. The molecule has 0 aromatic heterocycles. The van der Waals surface area contributed by atoms with Crippen molar-refractivity contribution in [3.63, 3.8) is 0 Å². The molecule has 2 aliphatic heterocycles. The first-order valence-electron chi connectivity index (χ1n) is 18.1. The predicted octanol–water partition coefficient (Wildman–Crippen LogP) is 9.22. The van der Waals surface area contributed by atoms with Crippen LogP contribution in [-0.4, -0.2) is 53.6 Å². The van der Waals surface area contributed by atoms with E-state index in [2.05, 4.69) is 26.0 Å². The Labute approximate surface area is 315 Å². The number of hydrogen-bond acceptors (Lipinski definition) is 7. The molecule has 0 fully saturated rings. The Balaban J connectivity index is 0.923. The van der Waals surface area contributed by atoms with E-state index < -0.39 is 0 Å². The first kappa shape index (κ1) is 36.2. The van der Waals surface area contributed by atoms with Crippen LogP contribution in [-0.2, 0) is 5.41 Å². The lowest BCUT2D eigenvalue weighted by Gasteiger charge is -2.26. The summed E-state index contributed by atoms with van der Waals surface area (Å²) in [5, 5.41) is 0. The van der Waals surface area contributed by atoms with Crippen LogP contribution in [0, 0.1) is 12.8 Å². The number of carbonyl (C=O) groups excluding carboxylic acids is 4. The zero-order chi connectivity index (χ0) is 38.1. The van der Waals surface area contributed by atoms with Gasteiger partial charge < -0.3 is 14.2 Å². The highest BCUT2D eigenvalue weighted by Crippen LogP contribution is 2.36. The van der Waals surface area contributed by atoms with E-state index in [1.165, 1.54) is 9.80 Å². The van der Waals surface area contributed by atoms with Crippen LogP contribution in [0.15, 0.2) is 109 Å². The number of amides is 4. The lowest BCUT2D eigenvalue weighted by molar-refractivity contribution is 0.0629. The second kappa shape index (κ2) is 14.7. The molecule has 0 aliphatic carbocycles. The van der Waals surface area contributed by atoms with Gasteiger partial charge >= 0.3 is 0 Å². The number of hydrogen-bond donors (Lipinski definition) is 0. The first-order chi connectivity index (χ1) is 25.9. The van der Waals surface area contributed by atoms with Gasteiger partial charge in [-0.1, -0.05) is 62.7 Å². The Hall–Kier alpha value is -6.22. The van der Waals surface area contributed by atoms with Crippen LogP contribution in [0.1, 0.15) is 91.7 Å². The molecule has 9 heteroatoms. The molecule has 0 saturated heterocycles. The van der Waals surface area contributed by atoms with E-state index in [0.29, 0.717) is 58.1 Å². The highest BCUT2D eigenvalue weighted by molar-refractivity contribution is 6.22. The summed E-state index contributed by atoms with van der Waals surface area (Å²) in [6.45, 7) is 8.71. The number of benzene rings is 5. The van der Waals surface area contributed by atoms with Gasteiger partial charge in [-0.15, -0.1) is 0 Å². The lowest BCUT2D eigenvalue weighted by Crippen LogP contribution is -2.34. The van der Waals surface area contributed by atoms with Gasteiger partial charge in [0.1, 0.15) is 28.7 Å². The van der Waals surface area contributed by atoms with Gasteiger partial charge in [0.25, 0.3) is 23.6 Å². The maximum Gasteiger partial charge on any atom is 0.261 e. The van der Waals surface area contributed by atoms with Gasteiger partial charge in [-0.05, 0) is 110 Å². The fourth-order valence-corrected chi connectivity index (χ4v) is 7.03. The zero-order valence-electron chi connectivity index (χ0n) is 31.1. The van der Waals surface area contributed by atoms with Crippen molar-refractivity contribution in [1.29, 1.82) is 0 Å². The number of carbonyl (C=O) groups is 4. The van der Waals surface area contributed by atoms with Gasteiger partial charge in [0.15, 0.2) is 0 Å². The van der Waals surface area contributed by atoms with E-state index in [0.717, 1.165) is 22.4 Å². The molecule has 0 bridgehead atoms. The highest BCUT2D eigenvalue weighted by atomic mass is 16.5. The molecule has 0 radical (unpaired) electrons. The lowest BCUT2D eigenvalue weighted by atomic mass is 9.78. The van der Waals surface area contributed by atoms with Crippen molar-refractivity contribution in [3.05, 3.63) is 148 Å². The van der Waals surface area contributed by atoms with Gasteiger partial charge in [-0.25, -0.2) is 0 Å². The van der Waals surface area contributed by atoms with Crippen molar-refractivity contribution < 1.29 is 33.4 Å². The molecule has 0 saturated carbocycles. The fraction of sp³-hybridized carbons (Fsp3) is 0.244. The number of aryl methyl sites for hydroxylation is 1. The summed E-state index contributed by atoms with van der Waals surface area (Å²) in [7, 11) is 1.65. The topological polar surface area (TPSA) is 102 Å². The molecular formula is C45H42N2O7. The molecule has 54 heavy (non-hydrogen) atoms. The Morgan fingerprint density at radius 1 is 0.556 bits per heavy atom. The van der Waals surface area contributed by atoms with Gasteiger partial charge in [-0.2, -0.15) is 0 Å². The minimum atomic E-state index is -0.367. The molecule has 1 unspecified atom stereocenters. The van der Waals surface area contributed by atoms with Crippen molar-refractivity contribution in [2.75, 3.05) is 20.2 Å². The molecule has 9 nitrogen and oxygen atoms in total. The van der Waals surface area contributed by atoms with Crippen molar-refractivity contribution in [2.24, 2.45) is 5.92 Å². The third-order valence-electron chi connectivity index (χ3n) is 10.3. The van der Waals surface area contributed by atoms with Crippen molar-refractivity contribution in [3.8, 4) is 28.7 Å². The SMILES string of the molecule is COc1ccc(C(C)(C)c2ccc(Oc3ccc4c(c3)C(=O)N(CCCC(C)CN3C(=O)c5ccc(Oc6ccc(C)cc6)cc5C3=O)C4=O)cc2)cc1. The number of ether oxygens (including phenoxy) is 3. The van der Waals surface area contributed by atoms with Crippen molar-refractivity contribution in [2.45, 2.75) is 46.0 Å². The molecule has 7 rings (SSSR count). The molecule has 4 amide bonds. The predicted molar refractivity (Wildman–Crippen MR) is 205 cm³/mol. The Morgan fingerprint density at radius 3 is 1.50 bits per heavy atom. The van der Waals surface area contributed by atoms with E-state index in [-0.39, 0.29) is 48.1 Å². The van der Waals surface area contributed by atoms with E-state index in [1.807, 2.05) is 74.5 Å². The summed E-state index contributed by atoms with van der Waals surface area (Å²) in [5.41, 5.74) is 4.44. The Bertz CT molecular complexity index is 2240. The monoisotopic (exact) mass is 722 g/mol. The van der Waals surface area contributed by atoms with Crippen LogP contribution < -0.4 is 14.2 Å². The minimum absolute atomic E-state index is 0.0566. The smallest absolute Gasteiger partial charge is 0.261 e.